The molecule has 1 rings (SSSR count). The average Bonchev–Trinajstić information content (AvgIpc) is 1.88. The minimum Gasteiger partial charge on any atom is -0.347 e. The van der Waals surface area contributed by atoms with Gasteiger partial charge in [-0.2, -0.15) is 5.26 Å². The highest BCUT2D eigenvalue weighted by Gasteiger charge is 1.92. The van der Waals surface area contributed by atoms with Crippen LogP contribution in [-0.2, 0) is 0 Å². The van der Waals surface area contributed by atoms with Crippen LogP contribution < -0.4 is 0 Å². The Kier molecular flexibility index (Phi) is 1.78. The van der Waals surface area contributed by atoms with Crippen LogP contribution in [0, 0.1) is 22.9 Å². The summed E-state index contributed by atoms with van der Waals surface area (Å²) in [5.74, 6) is 0. The third-order valence-corrected chi connectivity index (χ3v) is 1.31. The quantitative estimate of drug-likeness (QED) is 0.569. The van der Waals surface area contributed by atoms with Crippen molar-refractivity contribution in [2.75, 3.05) is 0 Å². The first-order valence-electron chi connectivity index (χ1n) is 2.70. The number of aromatic nitrogens is 2. The van der Waals surface area contributed by atoms with E-state index in [4.69, 9.17) is 17.5 Å². The smallest absolute Gasteiger partial charge is 0.175 e. The largest absolute Gasteiger partial charge is 0.347 e. The van der Waals surface area contributed by atoms with Gasteiger partial charge in [-0.1, -0.05) is 12.2 Å². The molecule has 0 radical (unpaired) electrons. The molecule has 0 atom stereocenters. The summed E-state index contributed by atoms with van der Waals surface area (Å²) in [7, 11) is 0. The highest BCUT2D eigenvalue weighted by molar-refractivity contribution is 7.71. The summed E-state index contributed by atoms with van der Waals surface area (Å²) < 4.78 is 0.405. The SMILES string of the molecule is Cc1cnc(C#N)c(=S)[nH]1. The molecular formula is C6H5N3S. The maximum Gasteiger partial charge on any atom is 0.175 e. The van der Waals surface area contributed by atoms with Crippen LogP contribution in [0.4, 0.5) is 0 Å². The molecule has 0 bridgehead atoms. The molecule has 0 spiro atoms. The molecule has 0 aliphatic rings. The molecule has 0 aliphatic heterocycles. The average molecular weight is 151 g/mol. The van der Waals surface area contributed by atoms with Crippen LogP contribution in [0.2, 0.25) is 0 Å². The van der Waals surface area contributed by atoms with E-state index in [1.807, 2.05) is 13.0 Å². The van der Waals surface area contributed by atoms with E-state index in [2.05, 4.69) is 9.97 Å². The number of hydrogen-bond acceptors (Lipinski definition) is 3. The van der Waals surface area contributed by atoms with Crippen LogP contribution in [0.3, 0.4) is 0 Å². The van der Waals surface area contributed by atoms with Gasteiger partial charge in [0.2, 0.25) is 0 Å². The molecule has 1 heterocycles. The van der Waals surface area contributed by atoms with Gasteiger partial charge in [0, 0.05) is 11.9 Å². The Bertz CT molecular complexity index is 334. The topological polar surface area (TPSA) is 52.5 Å². The number of nitriles is 1. The fourth-order valence-corrected chi connectivity index (χ4v) is 0.830. The second-order valence-corrected chi connectivity index (χ2v) is 2.26. The summed E-state index contributed by atoms with van der Waals surface area (Å²) >= 11 is 4.80. The van der Waals surface area contributed by atoms with Crippen molar-refractivity contribution in [3.8, 4) is 6.07 Å². The molecule has 0 aromatic carbocycles. The van der Waals surface area contributed by atoms with Crippen LogP contribution in [0.5, 0.6) is 0 Å². The van der Waals surface area contributed by atoms with Crippen LogP contribution >= 0.6 is 12.2 Å². The number of nitrogens with zero attached hydrogens (tertiary/aromatic N) is 2. The Balaban J connectivity index is 3.38. The van der Waals surface area contributed by atoms with Gasteiger partial charge < -0.3 is 4.98 Å². The number of hydrogen-bond donors (Lipinski definition) is 1. The first-order valence-corrected chi connectivity index (χ1v) is 3.11. The van der Waals surface area contributed by atoms with Crippen molar-refractivity contribution >= 4 is 12.2 Å². The third-order valence-electron chi connectivity index (χ3n) is 1.02. The summed E-state index contributed by atoms with van der Waals surface area (Å²) in [6, 6.07) is 1.88. The summed E-state index contributed by atoms with van der Waals surface area (Å²) in [6.45, 7) is 1.84. The maximum absolute atomic E-state index is 8.41. The van der Waals surface area contributed by atoms with Gasteiger partial charge in [0.15, 0.2) is 5.69 Å². The number of nitrogens with one attached hydrogen (secondary N) is 1. The van der Waals surface area contributed by atoms with Crippen molar-refractivity contribution in [3.63, 3.8) is 0 Å². The zero-order chi connectivity index (χ0) is 7.56. The van der Waals surface area contributed by atoms with E-state index < -0.39 is 0 Å². The van der Waals surface area contributed by atoms with E-state index >= 15 is 0 Å². The van der Waals surface area contributed by atoms with Gasteiger partial charge >= 0.3 is 0 Å². The van der Waals surface area contributed by atoms with Crippen LogP contribution in [0.15, 0.2) is 6.20 Å². The van der Waals surface area contributed by atoms with Crippen LogP contribution in [-0.4, -0.2) is 9.97 Å². The second kappa shape index (κ2) is 2.58. The number of H-pyrrole nitrogens is 1. The molecule has 1 aromatic heterocycles. The van der Waals surface area contributed by atoms with E-state index in [9.17, 15) is 0 Å². The first kappa shape index (κ1) is 6.90. The lowest BCUT2D eigenvalue weighted by Gasteiger charge is -1.90. The first-order chi connectivity index (χ1) is 4.74. The summed E-state index contributed by atoms with van der Waals surface area (Å²) in [5, 5.41) is 8.41. The van der Waals surface area contributed by atoms with Gasteiger partial charge in [0.1, 0.15) is 10.7 Å². The van der Waals surface area contributed by atoms with Crippen molar-refractivity contribution in [2.45, 2.75) is 6.92 Å². The van der Waals surface area contributed by atoms with E-state index in [0.29, 0.717) is 4.64 Å². The number of aryl methyl sites for hydroxylation is 1. The predicted octanol–water partition coefficient (Wildman–Crippen LogP) is 1.32. The van der Waals surface area contributed by atoms with E-state index in [1.54, 1.807) is 6.20 Å². The predicted molar refractivity (Wildman–Crippen MR) is 38.9 cm³/mol. The molecule has 0 saturated heterocycles. The summed E-state index contributed by atoms with van der Waals surface area (Å²) in [4.78, 5) is 6.62. The van der Waals surface area contributed by atoms with Crippen molar-refractivity contribution in [1.82, 2.24) is 9.97 Å². The molecular weight excluding hydrogens is 146 g/mol. The minimum atomic E-state index is 0.278. The van der Waals surface area contributed by atoms with Gasteiger partial charge in [-0.15, -0.1) is 0 Å². The van der Waals surface area contributed by atoms with Crippen molar-refractivity contribution in [1.29, 1.82) is 5.26 Å². The molecule has 1 aromatic rings. The molecule has 0 unspecified atom stereocenters. The maximum atomic E-state index is 8.41. The Morgan fingerprint density at radius 3 is 3.00 bits per heavy atom. The second-order valence-electron chi connectivity index (χ2n) is 1.86. The zero-order valence-corrected chi connectivity index (χ0v) is 6.20. The summed E-state index contributed by atoms with van der Waals surface area (Å²) in [6.07, 6.45) is 1.58. The standard InChI is InChI=1S/C6H5N3S/c1-4-3-8-5(2-7)6(10)9-4/h3H,1H3,(H,9,10). The highest BCUT2D eigenvalue weighted by atomic mass is 32.1. The lowest BCUT2D eigenvalue weighted by atomic mass is 10.4. The molecule has 1 N–H and O–H groups in total. The van der Waals surface area contributed by atoms with Crippen molar-refractivity contribution < 1.29 is 0 Å². The normalized spacial score (nSPS) is 8.80. The number of rotatable bonds is 0. The fraction of sp³-hybridized carbons (Fsp3) is 0.167. The molecule has 0 amide bonds. The zero-order valence-electron chi connectivity index (χ0n) is 5.38. The Morgan fingerprint density at radius 1 is 1.80 bits per heavy atom. The van der Waals surface area contributed by atoms with E-state index in [-0.39, 0.29) is 5.69 Å². The molecule has 0 fully saturated rings. The van der Waals surface area contributed by atoms with Crippen LogP contribution in [0.1, 0.15) is 11.4 Å². The van der Waals surface area contributed by atoms with Gasteiger partial charge in [-0.3, -0.25) is 0 Å². The molecule has 0 aliphatic carbocycles. The number of aromatic amines is 1. The highest BCUT2D eigenvalue weighted by Crippen LogP contribution is 1.94. The molecule has 0 saturated carbocycles. The van der Waals surface area contributed by atoms with Gasteiger partial charge in [-0.05, 0) is 6.92 Å². The molecule has 50 valence electrons. The van der Waals surface area contributed by atoms with Gasteiger partial charge in [0.05, 0.1) is 0 Å². The van der Waals surface area contributed by atoms with Crippen molar-refractivity contribution in [2.24, 2.45) is 0 Å². The van der Waals surface area contributed by atoms with Crippen molar-refractivity contribution in [3.05, 3.63) is 22.2 Å². The van der Waals surface area contributed by atoms with E-state index in [0.717, 1.165) is 5.69 Å². The molecule has 3 nitrogen and oxygen atoms in total. The van der Waals surface area contributed by atoms with E-state index in [1.165, 1.54) is 0 Å². The lowest BCUT2D eigenvalue weighted by Crippen LogP contribution is -1.89. The third kappa shape index (κ3) is 1.20. The van der Waals surface area contributed by atoms with Crippen LogP contribution in [0.25, 0.3) is 0 Å². The monoisotopic (exact) mass is 151 g/mol. The Morgan fingerprint density at radius 2 is 2.50 bits per heavy atom. The minimum absolute atomic E-state index is 0.278. The molecule has 4 heteroatoms. The lowest BCUT2D eigenvalue weighted by molar-refractivity contribution is 1.08. The summed E-state index contributed by atoms with van der Waals surface area (Å²) in [5.41, 5.74) is 1.14. The van der Waals surface area contributed by atoms with Gasteiger partial charge in [-0.25, -0.2) is 4.98 Å². The Labute approximate surface area is 63.4 Å². The Hall–Kier alpha value is -1.21. The van der Waals surface area contributed by atoms with Gasteiger partial charge in [0.25, 0.3) is 0 Å². The fourth-order valence-electron chi connectivity index (χ4n) is 0.570. The molecule has 10 heavy (non-hydrogen) atoms.